The zero-order valence-corrected chi connectivity index (χ0v) is 15.1. The van der Waals surface area contributed by atoms with Crippen molar-refractivity contribution in [2.75, 3.05) is 6.61 Å². The molecule has 1 aromatic carbocycles. The normalized spacial score (nSPS) is 18.3. The van der Waals surface area contributed by atoms with Gasteiger partial charge in [-0.25, -0.2) is 0 Å². The maximum Gasteiger partial charge on any atom is 0.488 e. The molecule has 1 atom stereocenters. The summed E-state index contributed by atoms with van der Waals surface area (Å²) in [6.07, 6.45) is 4.75. The van der Waals surface area contributed by atoms with E-state index in [9.17, 15) is 9.90 Å². The topological polar surface area (TPSA) is 60.1 Å². The molecule has 0 saturated heterocycles. The number of hydrogen-bond acceptors (Lipinski definition) is 3. The molecule has 1 aliphatic rings. The molecule has 0 radical (unpaired) electrons. The fourth-order valence-electron chi connectivity index (χ4n) is 2.93. The molecule has 1 aromatic rings. The van der Waals surface area contributed by atoms with Crippen LogP contribution in [0.4, 0.5) is 0 Å². The summed E-state index contributed by atoms with van der Waals surface area (Å²) in [4.78, 5) is 9.86. The minimum Gasteiger partial charge on any atom is -0.365 e. The van der Waals surface area contributed by atoms with Gasteiger partial charge in [-0.3, -0.25) is 0 Å². The largest absolute Gasteiger partial charge is 0.488 e. The number of hydrogen-bond donors (Lipinski definition) is 1. The van der Waals surface area contributed by atoms with Crippen LogP contribution in [0.5, 0.6) is 0 Å². The van der Waals surface area contributed by atoms with Crippen molar-refractivity contribution in [1.29, 1.82) is 0 Å². The molecule has 4 heteroatoms. The van der Waals surface area contributed by atoms with E-state index in [1.807, 2.05) is 51.1 Å². The number of benzene rings is 1. The fraction of sp³-hybridized carbons (Fsp3) is 0.650. The van der Waals surface area contributed by atoms with Crippen molar-refractivity contribution < 1.29 is 19.4 Å². The van der Waals surface area contributed by atoms with Gasteiger partial charge >= 0.3 is 5.97 Å². The van der Waals surface area contributed by atoms with Crippen LogP contribution < -0.4 is 0 Å². The second-order valence-corrected chi connectivity index (χ2v) is 7.72. The van der Waals surface area contributed by atoms with Gasteiger partial charge in [0.1, 0.15) is 5.41 Å². The zero-order chi connectivity index (χ0) is 17.6. The molecule has 4 nitrogen and oxygen atoms in total. The van der Waals surface area contributed by atoms with E-state index in [2.05, 4.69) is 0 Å². The lowest BCUT2D eigenvalue weighted by Gasteiger charge is -2.29. The van der Waals surface area contributed by atoms with Gasteiger partial charge < -0.3 is 19.4 Å². The Balaban J connectivity index is 1.90. The first kappa shape index (κ1) is 18.9. The summed E-state index contributed by atoms with van der Waals surface area (Å²) in [6.45, 7) is 6.17. The Morgan fingerprint density at radius 3 is 2.42 bits per heavy atom. The summed E-state index contributed by atoms with van der Waals surface area (Å²) >= 11 is 0. The summed E-state index contributed by atoms with van der Waals surface area (Å²) in [5, 5.41) is 10.6. The van der Waals surface area contributed by atoms with Crippen LogP contribution in [0.1, 0.15) is 71.0 Å². The van der Waals surface area contributed by atoms with Crippen molar-refractivity contribution in [2.45, 2.75) is 71.2 Å². The minimum absolute atomic E-state index is 0.0640. The average molecular weight is 335 g/mol. The molecule has 0 bridgehead atoms. The van der Waals surface area contributed by atoms with E-state index < -0.39 is 5.79 Å². The van der Waals surface area contributed by atoms with Crippen LogP contribution in [-0.4, -0.2) is 28.3 Å². The highest BCUT2D eigenvalue weighted by atomic mass is 16.6. The molecule has 1 saturated carbocycles. The van der Waals surface area contributed by atoms with Crippen LogP contribution >= 0.6 is 0 Å². The zero-order valence-electron chi connectivity index (χ0n) is 15.1. The van der Waals surface area contributed by atoms with Gasteiger partial charge in [-0.2, -0.15) is 0 Å². The third-order valence-electron chi connectivity index (χ3n) is 4.41. The van der Waals surface area contributed by atoms with Gasteiger partial charge in [0.15, 0.2) is 12.4 Å². The Hall–Kier alpha value is -1.39. The van der Waals surface area contributed by atoms with Gasteiger partial charge in [-0.1, -0.05) is 30.3 Å². The van der Waals surface area contributed by atoms with Crippen molar-refractivity contribution >= 4 is 5.97 Å². The highest BCUT2D eigenvalue weighted by Gasteiger charge is 2.35. The van der Waals surface area contributed by atoms with Crippen LogP contribution in [-0.2, 0) is 9.47 Å². The van der Waals surface area contributed by atoms with Gasteiger partial charge in [0.25, 0.3) is 0 Å². The summed E-state index contributed by atoms with van der Waals surface area (Å²) in [7, 11) is 0. The quantitative estimate of drug-likeness (QED) is 0.349. The molecule has 2 rings (SSSR count). The van der Waals surface area contributed by atoms with E-state index in [0.717, 1.165) is 31.2 Å². The molecule has 1 fully saturated rings. The van der Waals surface area contributed by atoms with Crippen LogP contribution in [0.25, 0.3) is 0 Å². The molecule has 24 heavy (non-hydrogen) atoms. The Morgan fingerprint density at radius 1 is 1.21 bits per heavy atom. The van der Waals surface area contributed by atoms with Gasteiger partial charge in [0.2, 0.25) is 0 Å². The number of carbonyl (C=O) groups excluding carboxylic acids is 1. The highest BCUT2D eigenvalue weighted by Crippen LogP contribution is 2.37. The number of aliphatic hydroxyl groups is 1. The van der Waals surface area contributed by atoms with E-state index in [1.165, 1.54) is 0 Å². The molecule has 0 aliphatic heterocycles. The third kappa shape index (κ3) is 5.60. The van der Waals surface area contributed by atoms with Gasteiger partial charge in [-0.15, -0.1) is 0 Å². The molecule has 0 unspecified atom stereocenters. The fourth-order valence-corrected chi connectivity index (χ4v) is 2.93. The predicted octanol–water partition coefficient (Wildman–Crippen LogP) is 4.35. The van der Waals surface area contributed by atoms with Crippen molar-refractivity contribution in [2.24, 2.45) is 5.41 Å². The van der Waals surface area contributed by atoms with E-state index in [1.54, 1.807) is 0 Å². The van der Waals surface area contributed by atoms with Crippen LogP contribution in [0.2, 0.25) is 0 Å². The van der Waals surface area contributed by atoms with E-state index >= 15 is 0 Å². The number of esters is 1. The lowest BCUT2D eigenvalue weighted by molar-refractivity contribution is -0.228. The highest BCUT2D eigenvalue weighted by molar-refractivity contribution is 5.76. The maximum atomic E-state index is 10.6. The van der Waals surface area contributed by atoms with Crippen LogP contribution in [0, 0.1) is 5.41 Å². The number of ether oxygens (including phenoxy) is 2. The monoisotopic (exact) mass is 335 g/mol. The molecular formula is C20H31O4+. The Morgan fingerprint density at radius 2 is 1.83 bits per heavy atom. The first-order chi connectivity index (χ1) is 11.3. The molecule has 1 aliphatic carbocycles. The van der Waals surface area contributed by atoms with Crippen molar-refractivity contribution in [3.63, 3.8) is 0 Å². The molecule has 0 spiro atoms. The maximum absolute atomic E-state index is 10.6. The van der Waals surface area contributed by atoms with Crippen molar-refractivity contribution in [3.05, 3.63) is 35.9 Å². The lowest BCUT2D eigenvalue weighted by Crippen LogP contribution is -2.30. The second-order valence-electron chi connectivity index (χ2n) is 7.72. The Labute approximate surface area is 145 Å². The predicted molar refractivity (Wildman–Crippen MR) is 95.3 cm³/mol. The molecule has 134 valence electrons. The van der Waals surface area contributed by atoms with Gasteiger partial charge in [0, 0.05) is 19.3 Å². The average Bonchev–Trinajstić information content (AvgIpc) is 2.96. The number of rotatable bonds is 7. The minimum atomic E-state index is -0.999. The van der Waals surface area contributed by atoms with E-state index in [-0.39, 0.29) is 17.5 Å². The van der Waals surface area contributed by atoms with E-state index in [4.69, 9.17) is 9.47 Å². The summed E-state index contributed by atoms with van der Waals surface area (Å²) in [6, 6.07) is 10.0. The third-order valence-corrected chi connectivity index (χ3v) is 4.41. The summed E-state index contributed by atoms with van der Waals surface area (Å²) in [5.74, 6) is -0.935. The Kier molecular flexibility index (Phi) is 6.41. The lowest BCUT2D eigenvalue weighted by atomic mass is 9.97. The molecule has 2 N–H and O–H groups in total. The standard InChI is InChI=1S/C20H30O4/c1-19(2,3)18(21)23-15-9-12-17(16-10-5-4-6-11-16)24-20(22)13-7-8-14-20/h4-6,10-11,17,22H,7-9,12-15H2,1-3H3/p+1/t17-/m1/s1. The summed E-state index contributed by atoms with van der Waals surface area (Å²) < 4.78 is 11.5. The van der Waals surface area contributed by atoms with Crippen LogP contribution in [0.3, 0.4) is 0 Å². The first-order valence-electron chi connectivity index (χ1n) is 8.94. The van der Waals surface area contributed by atoms with Gasteiger partial charge in [0.05, 0.1) is 6.10 Å². The molecular weight excluding hydrogens is 304 g/mol. The summed E-state index contributed by atoms with van der Waals surface area (Å²) in [5.41, 5.74) is 0.704. The first-order valence-corrected chi connectivity index (χ1v) is 8.94. The SMILES string of the molecule is CC(C)(C)C(=[OH+])OCCC[C@@H](OC1(O)CCCC1)c1ccccc1. The Bertz CT molecular complexity index is 512. The molecule has 0 heterocycles. The van der Waals surface area contributed by atoms with Crippen LogP contribution in [0.15, 0.2) is 30.3 Å². The van der Waals surface area contributed by atoms with Gasteiger partial charge in [-0.05, 0) is 45.6 Å². The second kappa shape index (κ2) is 8.13. The molecule has 0 aromatic heterocycles. The smallest absolute Gasteiger partial charge is 0.365 e. The van der Waals surface area contributed by atoms with Crippen molar-refractivity contribution in [3.8, 4) is 0 Å². The van der Waals surface area contributed by atoms with E-state index in [0.29, 0.717) is 19.4 Å². The molecule has 0 amide bonds. The van der Waals surface area contributed by atoms with Crippen molar-refractivity contribution in [1.82, 2.24) is 0 Å².